The molecule has 1 rings (SSSR count). The van der Waals surface area contributed by atoms with E-state index in [2.05, 4.69) is 5.32 Å². The molecule has 18 heavy (non-hydrogen) atoms. The Morgan fingerprint density at radius 2 is 2.17 bits per heavy atom. The molecule has 0 fully saturated rings. The third-order valence-electron chi connectivity index (χ3n) is 2.67. The van der Waals surface area contributed by atoms with Gasteiger partial charge in [-0.25, -0.2) is 4.39 Å². The lowest BCUT2D eigenvalue weighted by atomic mass is 10.0. The van der Waals surface area contributed by atoms with Gasteiger partial charge in [0, 0.05) is 12.1 Å². The highest BCUT2D eigenvalue weighted by molar-refractivity contribution is 6.30. The van der Waals surface area contributed by atoms with E-state index < -0.39 is 11.9 Å². The lowest BCUT2D eigenvalue weighted by molar-refractivity contribution is -0.144. The Balaban J connectivity index is 2.73. The van der Waals surface area contributed by atoms with E-state index in [1.54, 1.807) is 12.1 Å². The highest BCUT2D eigenvalue weighted by Gasteiger charge is 2.22. The molecule has 1 aromatic carbocycles. The molecule has 0 aliphatic rings. The first-order valence-electron chi connectivity index (χ1n) is 5.71. The first-order valence-corrected chi connectivity index (χ1v) is 6.09. The van der Waals surface area contributed by atoms with Crippen molar-refractivity contribution in [3.63, 3.8) is 0 Å². The quantitative estimate of drug-likeness (QED) is 0.839. The van der Waals surface area contributed by atoms with Gasteiger partial charge < -0.3 is 4.74 Å². The van der Waals surface area contributed by atoms with Crippen LogP contribution in [0.25, 0.3) is 0 Å². The minimum atomic E-state index is -0.464. The minimum absolute atomic E-state index is 0.0553. The molecule has 1 N–H and O–H groups in total. The van der Waals surface area contributed by atoms with Crippen molar-refractivity contribution in [1.82, 2.24) is 5.32 Å². The van der Waals surface area contributed by atoms with Gasteiger partial charge in [-0.15, -0.1) is 0 Å². The molecule has 0 heterocycles. The summed E-state index contributed by atoms with van der Waals surface area (Å²) in [4.78, 5) is 11.5. The molecule has 0 spiro atoms. The third kappa shape index (κ3) is 3.68. The first kappa shape index (κ1) is 14.9. The van der Waals surface area contributed by atoms with E-state index in [-0.39, 0.29) is 23.5 Å². The van der Waals surface area contributed by atoms with E-state index in [0.29, 0.717) is 5.56 Å². The molecular formula is C13H17ClFNO2. The van der Waals surface area contributed by atoms with Crippen molar-refractivity contribution in [2.45, 2.75) is 26.4 Å². The van der Waals surface area contributed by atoms with Crippen LogP contribution in [-0.4, -0.2) is 19.1 Å². The summed E-state index contributed by atoms with van der Waals surface area (Å²) >= 11 is 5.69. The molecule has 0 aliphatic carbocycles. The maximum absolute atomic E-state index is 13.6. The fourth-order valence-corrected chi connectivity index (χ4v) is 1.82. The van der Waals surface area contributed by atoms with Crippen molar-refractivity contribution in [1.29, 1.82) is 0 Å². The van der Waals surface area contributed by atoms with Crippen molar-refractivity contribution in [2.75, 3.05) is 7.11 Å². The molecule has 100 valence electrons. The molecule has 1 aromatic rings. The summed E-state index contributed by atoms with van der Waals surface area (Å²) in [6, 6.07) is 4.32. The van der Waals surface area contributed by atoms with Crippen molar-refractivity contribution in [2.24, 2.45) is 5.92 Å². The van der Waals surface area contributed by atoms with Crippen LogP contribution >= 0.6 is 11.6 Å². The maximum atomic E-state index is 13.6. The summed E-state index contributed by atoms with van der Waals surface area (Å²) < 4.78 is 18.3. The van der Waals surface area contributed by atoms with Gasteiger partial charge in [0.2, 0.25) is 0 Å². The Morgan fingerprint density at radius 3 is 2.72 bits per heavy atom. The molecule has 0 amide bonds. The molecule has 3 nitrogen and oxygen atoms in total. The second-order valence-electron chi connectivity index (χ2n) is 4.34. The molecular weight excluding hydrogens is 257 g/mol. The summed E-state index contributed by atoms with van der Waals surface area (Å²) in [6.45, 7) is 4.01. The molecule has 0 aliphatic heterocycles. The van der Waals surface area contributed by atoms with E-state index in [4.69, 9.17) is 16.3 Å². The van der Waals surface area contributed by atoms with E-state index in [0.717, 1.165) is 0 Å². The average molecular weight is 274 g/mol. The molecule has 1 atom stereocenters. The van der Waals surface area contributed by atoms with Gasteiger partial charge in [0.05, 0.1) is 12.1 Å². The fraction of sp³-hybridized carbons (Fsp3) is 0.462. The Hall–Kier alpha value is -1.13. The standard InChI is InChI=1S/C13H17ClFNO2/c1-8(2)12(13(17)18-3)16-7-9-5-4-6-10(14)11(9)15/h4-6,8,12,16H,7H2,1-3H3. The normalized spacial score (nSPS) is 12.6. The molecule has 0 aromatic heterocycles. The van der Waals surface area contributed by atoms with Crippen molar-refractivity contribution < 1.29 is 13.9 Å². The predicted octanol–water partition coefficient (Wildman–Crippen LogP) is 2.77. The number of benzene rings is 1. The van der Waals surface area contributed by atoms with E-state index in [9.17, 15) is 9.18 Å². The van der Waals surface area contributed by atoms with Gasteiger partial charge in [0.25, 0.3) is 0 Å². The van der Waals surface area contributed by atoms with Crippen LogP contribution in [0.3, 0.4) is 0 Å². The smallest absolute Gasteiger partial charge is 0.323 e. The monoisotopic (exact) mass is 273 g/mol. The van der Waals surface area contributed by atoms with E-state index in [1.165, 1.54) is 13.2 Å². The maximum Gasteiger partial charge on any atom is 0.323 e. The van der Waals surface area contributed by atoms with Crippen molar-refractivity contribution >= 4 is 17.6 Å². The van der Waals surface area contributed by atoms with Crippen LogP contribution in [0.2, 0.25) is 5.02 Å². The van der Waals surface area contributed by atoms with Gasteiger partial charge in [-0.1, -0.05) is 37.6 Å². The Bertz CT molecular complexity index is 423. The number of carbonyl (C=O) groups excluding carboxylic acids is 1. The number of methoxy groups -OCH3 is 1. The summed E-state index contributed by atoms with van der Waals surface area (Å²) in [7, 11) is 1.33. The number of hydrogen-bond acceptors (Lipinski definition) is 3. The lowest BCUT2D eigenvalue weighted by Crippen LogP contribution is -2.41. The SMILES string of the molecule is COC(=O)C(NCc1cccc(Cl)c1F)C(C)C. The number of nitrogens with one attached hydrogen (secondary N) is 1. The van der Waals surface area contributed by atoms with Crippen molar-refractivity contribution in [3.05, 3.63) is 34.6 Å². The number of carbonyl (C=O) groups is 1. The Morgan fingerprint density at radius 1 is 1.50 bits per heavy atom. The van der Waals surface area contributed by atoms with Gasteiger partial charge in [-0.3, -0.25) is 10.1 Å². The topological polar surface area (TPSA) is 38.3 Å². The Labute approximate surface area is 111 Å². The molecule has 0 radical (unpaired) electrons. The fourth-order valence-electron chi connectivity index (χ4n) is 1.62. The second-order valence-corrected chi connectivity index (χ2v) is 4.75. The molecule has 1 unspecified atom stereocenters. The van der Waals surface area contributed by atoms with Crippen LogP contribution in [0.4, 0.5) is 4.39 Å². The summed E-state index contributed by atoms with van der Waals surface area (Å²) in [5.41, 5.74) is 0.428. The predicted molar refractivity (Wildman–Crippen MR) is 68.9 cm³/mol. The zero-order chi connectivity index (χ0) is 13.7. The van der Waals surface area contributed by atoms with Gasteiger partial charge in [-0.05, 0) is 12.0 Å². The number of hydrogen-bond donors (Lipinski definition) is 1. The van der Waals surface area contributed by atoms with Crippen molar-refractivity contribution in [3.8, 4) is 0 Å². The Kier molecular flexibility index (Phi) is 5.56. The largest absolute Gasteiger partial charge is 0.468 e. The van der Waals surface area contributed by atoms with Crippen LogP contribution in [0.15, 0.2) is 18.2 Å². The van der Waals surface area contributed by atoms with Gasteiger partial charge >= 0.3 is 5.97 Å². The van der Waals surface area contributed by atoms with Gasteiger partial charge in [0.1, 0.15) is 11.9 Å². The summed E-state index contributed by atoms with van der Waals surface area (Å²) in [5.74, 6) is -0.758. The lowest BCUT2D eigenvalue weighted by Gasteiger charge is -2.20. The van der Waals surface area contributed by atoms with Crippen LogP contribution in [0, 0.1) is 11.7 Å². The van der Waals surface area contributed by atoms with Gasteiger partial charge in [-0.2, -0.15) is 0 Å². The molecule has 0 bridgehead atoms. The number of ether oxygens (including phenoxy) is 1. The van der Waals surface area contributed by atoms with Gasteiger partial charge in [0.15, 0.2) is 0 Å². The van der Waals surface area contributed by atoms with E-state index >= 15 is 0 Å². The summed E-state index contributed by atoms with van der Waals surface area (Å²) in [6.07, 6.45) is 0. The zero-order valence-corrected chi connectivity index (χ0v) is 11.4. The average Bonchev–Trinajstić information content (AvgIpc) is 2.33. The zero-order valence-electron chi connectivity index (χ0n) is 10.7. The highest BCUT2D eigenvalue weighted by Crippen LogP contribution is 2.18. The number of esters is 1. The second kappa shape index (κ2) is 6.71. The highest BCUT2D eigenvalue weighted by atomic mass is 35.5. The van der Waals surface area contributed by atoms with Crippen LogP contribution in [-0.2, 0) is 16.1 Å². The summed E-state index contributed by atoms with van der Waals surface area (Å²) in [5, 5.41) is 3.06. The van der Waals surface area contributed by atoms with Crippen LogP contribution in [0.1, 0.15) is 19.4 Å². The third-order valence-corrected chi connectivity index (χ3v) is 2.96. The molecule has 0 saturated carbocycles. The molecule has 0 saturated heterocycles. The first-order chi connectivity index (χ1) is 8.47. The number of rotatable bonds is 5. The number of halogens is 2. The van der Waals surface area contributed by atoms with E-state index in [1.807, 2.05) is 13.8 Å². The van der Waals surface area contributed by atoms with Crippen LogP contribution in [0.5, 0.6) is 0 Å². The minimum Gasteiger partial charge on any atom is -0.468 e. The van der Waals surface area contributed by atoms with Crippen LogP contribution < -0.4 is 5.32 Å². The molecule has 5 heteroatoms.